The van der Waals surface area contributed by atoms with Gasteiger partial charge in [0, 0.05) is 5.92 Å². The van der Waals surface area contributed by atoms with Crippen LogP contribution in [-0.4, -0.2) is 5.91 Å². The zero-order valence-corrected chi connectivity index (χ0v) is 11.0. The zero-order chi connectivity index (χ0) is 12.9. The van der Waals surface area contributed by atoms with Crippen LogP contribution in [0.2, 0.25) is 0 Å². The molecule has 96 valence electrons. The van der Waals surface area contributed by atoms with Gasteiger partial charge in [-0.05, 0) is 62.1 Å². The molecular weight excluding hydrogens is 224 g/mol. The first kappa shape index (κ1) is 11.6. The molecule has 0 heterocycles. The molecule has 1 amide bonds. The lowest BCUT2D eigenvalue weighted by Gasteiger charge is -2.16. The van der Waals surface area contributed by atoms with Crippen molar-refractivity contribution in [1.82, 2.24) is 0 Å². The first-order chi connectivity index (χ1) is 8.56. The number of nitrogens with one attached hydrogen (secondary N) is 1. The number of aryl methyl sites for hydroxylation is 1. The Bertz CT molecular complexity index is 499. The van der Waals surface area contributed by atoms with Crippen LogP contribution in [0.4, 0.5) is 11.4 Å². The number of anilines is 2. The van der Waals surface area contributed by atoms with Crippen LogP contribution >= 0.6 is 0 Å². The average molecular weight is 244 g/mol. The molecule has 3 N–H and O–H groups in total. The van der Waals surface area contributed by atoms with Crippen LogP contribution in [0.25, 0.3) is 0 Å². The molecule has 0 bridgehead atoms. The lowest BCUT2D eigenvalue weighted by Crippen LogP contribution is -2.22. The number of fused-ring (bicyclic) bond motifs is 1. The van der Waals surface area contributed by atoms with E-state index in [0.717, 1.165) is 41.5 Å². The van der Waals surface area contributed by atoms with Crippen LogP contribution < -0.4 is 11.1 Å². The maximum Gasteiger partial charge on any atom is 0.227 e. The molecule has 0 spiro atoms. The van der Waals surface area contributed by atoms with E-state index in [1.54, 1.807) is 0 Å². The molecule has 18 heavy (non-hydrogen) atoms. The van der Waals surface area contributed by atoms with Gasteiger partial charge >= 0.3 is 0 Å². The van der Waals surface area contributed by atoms with E-state index >= 15 is 0 Å². The van der Waals surface area contributed by atoms with E-state index in [4.69, 9.17) is 5.73 Å². The molecule has 3 nitrogen and oxygen atoms in total. The minimum Gasteiger partial charge on any atom is -0.397 e. The molecule has 2 fully saturated rings. The van der Waals surface area contributed by atoms with Gasteiger partial charge in [0.15, 0.2) is 0 Å². The van der Waals surface area contributed by atoms with E-state index in [1.807, 2.05) is 26.0 Å². The third-order valence-corrected chi connectivity index (χ3v) is 4.63. The molecular formula is C15H20N2O. The minimum absolute atomic E-state index is 0.155. The topological polar surface area (TPSA) is 55.1 Å². The summed E-state index contributed by atoms with van der Waals surface area (Å²) in [6.07, 6.45) is 3.48. The molecule has 0 saturated heterocycles. The summed E-state index contributed by atoms with van der Waals surface area (Å²) in [5.74, 6) is 2.02. The smallest absolute Gasteiger partial charge is 0.227 e. The Morgan fingerprint density at radius 1 is 1.22 bits per heavy atom. The number of rotatable bonds is 2. The number of benzene rings is 1. The standard InChI is InChI=1S/C15H20N2O/c1-8-3-4-13(16)14(9(8)2)17-15(18)12-6-10-5-11(10)7-12/h3-4,10-12H,5-7,16H2,1-2H3,(H,17,18). The van der Waals surface area contributed by atoms with Gasteiger partial charge in [0.25, 0.3) is 0 Å². The van der Waals surface area contributed by atoms with Crippen LogP contribution in [0.1, 0.15) is 30.4 Å². The highest BCUT2D eigenvalue weighted by Crippen LogP contribution is 2.54. The van der Waals surface area contributed by atoms with E-state index in [1.165, 1.54) is 6.42 Å². The molecule has 0 radical (unpaired) electrons. The van der Waals surface area contributed by atoms with E-state index in [0.29, 0.717) is 5.69 Å². The van der Waals surface area contributed by atoms with E-state index in [9.17, 15) is 4.79 Å². The summed E-state index contributed by atoms with van der Waals surface area (Å²) in [4.78, 5) is 12.2. The Kier molecular flexibility index (Phi) is 2.58. The Labute approximate surface area is 108 Å². The predicted molar refractivity (Wildman–Crippen MR) is 73.3 cm³/mol. The number of amides is 1. The molecule has 2 aliphatic rings. The van der Waals surface area contributed by atoms with Crippen molar-refractivity contribution in [2.45, 2.75) is 33.1 Å². The third-order valence-electron chi connectivity index (χ3n) is 4.63. The van der Waals surface area contributed by atoms with Gasteiger partial charge in [0.2, 0.25) is 5.91 Å². The van der Waals surface area contributed by atoms with Gasteiger partial charge in [-0.3, -0.25) is 4.79 Å². The summed E-state index contributed by atoms with van der Waals surface area (Å²) in [6, 6.07) is 3.86. The second-order valence-corrected chi connectivity index (χ2v) is 5.89. The average Bonchev–Trinajstić information content (AvgIpc) is 2.96. The largest absolute Gasteiger partial charge is 0.397 e. The SMILES string of the molecule is Cc1ccc(N)c(NC(=O)C2CC3CC3C2)c1C. The fourth-order valence-electron chi connectivity index (χ4n) is 3.16. The van der Waals surface area contributed by atoms with Crippen molar-refractivity contribution < 1.29 is 4.79 Å². The summed E-state index contributed by atoms with van der Waals surface area (Å²) in [6.45, 7) is 4.04. The first-order valence-corrected chi connectivity index (χ1v) is 6.72. The normalized spacial score (nSPS) is 28.9. The number of carbonyl (C=O) groups excluding carboxylic acids is 1. The fourth-order valence-corrected chi connectivity index (χ4v) is 3.16. The molecule has 0 aromatic heterocycles. The molecule has 2 unspecified atom stereocenters. The van der Waals surface area contributed by atoms with Crippen LogP contribution in [-0.2, 0) is 4.79 Å². The van der Waals surface area contributed by atoms with Crippen molar-refractivity contribution in [3.05, 3.63) is 23.3 Å². The van der Waals surface area contributed by atoms with Gasteiger partial charge in [-0.2, -0.15) is 0 Å². The summed E-state index contributed by atoms with van der Waals surface area (Å²) >= 11 is 0. The zero-order valence-electron chi connectivity index (χ0n) is 11.0. The van der Waals surface area contributed by atoms with Crippen molar-refractivity contribution in [2.75, 3.05) is 11.1 Å². The van der Waals surface area contributed by atoms with Crippen molar-refractivity contribution in [3.63, 3.8) is 0 Å². The predicted octanol–water partition coefficient (Wildman–Crippen LogP) is 2.87. The highest BCUT2D eigenvalue weighted by Gasteiger charge is 2.48. The Morgan fingerprint density at radius 2 is 1.89 bits per heavy atom. The van der Waals surface area contributed by atoms with Gasteiger partial charge in [-0.1, -0.05) is 6.07 Å². The van der Waals surface area contributed by atoms with E-state index in [2.05, 4.69) is 5.32 Å². The van der Waals surface area contributed by atoms with Gasteiger partial charge in [0.1, 0.15) is 0 Å². The number of hydrogen-bond donors (Lipinski definition) is 2. The Balaban J connectivity index is 1.76. The third kappa shape index (κ3) is 1.88. The molecule has 0 aliphatic heterocycles. The Morgan fingerprint density at radius 3 is 2.56 bits per heavy atom. The highest BCUT2D eigenvalue weighted by molar-refractivity contribution is 5.96. The number of hydrogen-bond acceptors (Lipinski definition) is 2. The summed E-state index contributed by atoms with van der Waals surface area (Å²) in [5.41, 5.74) is 9.66. The van der Waals surface area contributed by atoms with Gasteiger partial charge < -0.3 is 11.1 Å². The molecule has 1 aromatic rings. The number of nitrogens with two attached hydrogens (primary N) is 1. The molecule has 1 aromatic carbocycles. The summed E-state index contributed by atoms with van der Waals surface area (Å²) in [7, 11) is 0. The number of nitrogen functional groups attached to an aromatic ring is 1. The van der Waals surface area contributed by atoms with Gasteiger partial charge in [-0.25, -0.2) is 0 Å². The van der Waals surface area contributed by atoms with Crippen molar-refractivity contribution in [1.29, 1.82) is 0 Å². The lowest BCUT2D eigenvalue weighted by atomic mass is 10.0. The molecule has 3 rings (SSSR count). The van der Waals surface area contributed by atoms with Crippen molar-refractivity contribution in [3.8, 4) is 0 Å². The Hall–Kier alpha value is -1.51. The second-order valence-electron chi connectivity index (χ2n) is 5.89. The maximum absolute atomic E-state index is 12.2. The summed E-state index contributed by atoms with van der Waals surface area (Å²) in [5, 5.41) is 3.04. The number of carbonyl (C=O) groups is 1. The second kappa shape index (κ2) is 4.01. The van der Waals surface area contributed by atoms with Crippen LogP contribution in [0.15, 0.2) is 12.1 Å². The molecule has 2 atom stereocenters. The summed E-state index contributed by atoms with van der Waals surface area (Å²) < 4.78 is 0. The van der Waals surface area contributed by atoms with Crippen molar-refractivity contribution >= 4 is 17.3 Å². The van der Waals surface area contributed by atoms with Crippen LogP contribution in [0.5, 0.6) is 0 Å². The van der Waals surface area contributed by atoms with Crippen LogP contribution in [0, 0.1) is 31.6 Å². The first-order valence-electron chi connectivity index (χ1n) is 6.72. The maximum atomic E-state index is 12.2. The molecule has 2 saturated carbocycles. The lowest BCUT2D eigenvalue weighted by molar-refractivity contribution is -0.120. The fraction of sp³-hybridized carbons (Fsp3) is 0.533. The van der Waals surface area contributed by atoms with Crippen molar-refractivity contribution in [2.24, 2.45) is 17.8 Å². The quantitative estimate of drug-likeness (QED) is 0.786. The molecule has 2 aliphatic carbocycles. The van der Waals surface area contributed by atoms with E-state index in [-0.39, 0.29) is 11.8 Å². The van der Waals surface area contributed by atoms with Gasteiger partial charge in [-0.15, -0.1) is 0 Å². The monoisotopic (exact) mass is 244 g/mol. The highest BCUT2D eigenvalue weighted by atomic mass is 16.1. The minimum atomic E-state index is 0.155. The van der Waals surface area contributed by atoms with E-state index < -0.39 is 0 Å². The van der Waals surface area contributed by atoms with Gasteiger partial charge in [0.05, 0.1) is 11.4 Å². The van der Waals surface area contributed by atoms with Crippen LogP contribution in [0.3, 0.4) is 0 Å². The molecule has 3 heteroatoms.